The fourth-order valence-electron chi connectivity index (χ4n) is 4.85. The van der Waals surface area contributed by atoms with Gasteiger partial charge in [-0.3, -0.25) is 13.9 Å². The van der Waals surface area contributed by atoms with E-state index in [0.717, 1.165) is 21.0 Å². The topological polar surface area (TPSA) is 86.8 Å². The Bertz CT molecular complexity index is 1700. The van der Waals surface area contributed by atoms with E-state index in [4.69, 9.17) is 23.2 Å². The second-order valence-corrected chi connectivity index (χ2v) is 13.5. The monoisotopic (exact) mass is 651 g/mol. The van der Waals surface area contributed by atoms with Crippen molar-refractivity contribution < 1.29 is 18.0 Å². The molecule has 0 spiro atoms. The third kappa shape index (κ3) is 8.40. The van der Waals surface area contributed by atoms with Gasteiger partial charge in [-0.05, 0) is 62.2 Å². The van der Waals surface area contributed by atoms with Gasteiger partial charge in [0.15, 0.2) is 0 Å². The molecule has 0 aliphatic carbocycles. The lowest BCUT2D eigenvalue weighted by molar-refractivity contribution is -0.140. The van der Waals surface area contributed by atoms with Crippen LogP contribution in [0.2, 0.25) is 10.0 Å². The lowest BCUT2D eigenvalue weighted by Crippen LogP contribution is -2.54. The van der Waals surface area contributed by atoms with Crippen molar-refractivity contribution in [3.63, 3.8) is 0 Å². The molecule has 1 N–H and O–H groups in total. The molecule has 44 heavy (non-hydrogen) atoms. The minimum atomic E-state index is -4.28. The Morgan fingerprint density at radius 1 is 0.818 bits per heavy atom. The molecular formula is C34H35Cl2N3O4S. The van der Waals surface area contributed by atoms with Gasteiger partial charge in [0.05, 0.1) is 15.6 Å². The number of halogens is 2. The molecule has 0 unspecified atom stereocenters. The van der Waals surface area contributed by atoms with Gasteiger partial charge in [0, 0.05) is 24.0 Å². The minimum absolute atomic E-state index is 0.0209. The first-order chi connectivity index (χ1) is 21.0. The molecule has 0 fully saturated rings. The largest absolute Gasteiger partial charge is 0.352 e. The van der Waals surface area contributed by atoms with E-state index in [0.29, 0.717) is 0 Å². The second-order valence-electron chi connectivity index (χ2n) is 10.8. The molecule has 0 aromatic heterocycles. The zero-order chi connectivity index (χ0) is 31.9. The Balaban J connectivity index is 1.83. The van der Waals surface area contributed by atoms with E-state index in [-0.39, 0.29) is 45.5 Å². The Morgan fingerprint density at radius 3 is 2.09 bits per heavy atom. The molecule has 0 saturated heterocycles. The van der Waals surface area contributed by atoms with Crippen LogP contribution >= 0.6 is 23.2 Å². The number of aryl methyl sites for hydroxylation is 1. The number of amides is 2. The molecule has 0 heterocycles. The number of nitrogens with zero attached hydrogens (tertiary/aromatic N) is 2. The normalized spacial score (nSPS) is 12.0. The number of sulfonamides is 1. The molecule has 2 amide bonds. The van der Waals surface area contributed by atoms with Gasteiger partial charge in [-0.2, -0.15) is 0 Å². The van der Waals surface area contributed by atoms with E-state index in [1.54, 1.807) is 24.3 Å². The van der Waals surface area contributed by atoms with Gasteiger partial charge in [0.2, 0.25) is 11.8 Å². The average molecular weight is 653 g/mol. The summed E-state index contributed by atoms with van der Waals surface area (Å²) in [5, 5.41) is 3.30. The minimum Gasteiger partial charge on any atom is -0.352 e. The van der Waals surface area contributed by atoms with Crippen LogP contribution in [0.1, 0.15) is 30.5 Å². The Morgan fingerprint density at radius 2 is 1.45 bits per heavy atom. The second kappa shape index (κ2) is 14.8. The van der Waals surface area contributed by atoms with Gasteiger partial charge in [0.1, 0.15) is 12.6 Å². The standard InChI is InChI=1S/C34H35Cl2N3O4S/c1-24(2)37-34(41)32(20-26-12-6-4-7-13-26)38(22-27-14-10-11-25(3)19-27)33(40)23-39(31-21-28(35)17-18-30(31)36)44(42,43)29-15-8-5-9-16-29/h4-19,21,24,32H,20,22-23H2,1-3H3,(H,37,41)/t32-/m0/s1. The number of anilines is 1. The van der Waals surface area contributed by atoms with Crippen LogP contribution in [0, 0.1) is 6.92 Å². The summed E-state index contributed by atoms with van der Waals surface area (Å²) < 4.78 is 29.1. The number of carbonyl (C=O) groups excluding carboxylic acids is 2. The molecule has 10 heteroatoms. The maximum Gasteiger partial charge on any atom is 0.264 e. The molecule has 0 aliphatic heterocycles. The van der Waals surface area contributed by atoms with Gasteiger partial charge >= 0.3 is 0 Å². The van der Waals surface area contributed by atoms with Crippen molar-refractivity contribution in [3.05, 3.63) is 130 Å². The van der Waals surface area contributed by atoms with Crippen LogP contribution in [0.3, 0.4) is 0 Å². The zero-order valence-corrected chi connectivity index (χ0v) is 27.1. The summed E-state index contributed by atoms with van der Waals surface area (Å²) in [6, 6.07) is 28.1. The van der Waals surface area contributed by atoms with E-state index in [2.05, 4.69) is 5.32 Å². The van der Waals surface area contributed by atoms with Crippen LogP contribution in [0.4, 0.5) is 5.69 Å². The number of carbonyl (C=O) groups is 2. The first kappa shape index (κ1) is 33.1. The first-order valence-corrected chi connectivity index (χ1v) is 16.4. The van der Waals surface area contributed by atoms with Gasteiger partial charge in [-0.15, -0.1) is 0 Å². The quantitative estimate of drug-likeness (QED) is 0.186. The predicted octanol–water partition coefficient (Wildman–Crippen LogP) is 6.66. The summed E-state index contributed by atoms with van der Waals surface area (Å²) >= 11 is 12.8. The van der Waals surface area contributed by atoms with Crippen molar-refractivity contribution >= 4 is 50.7 Å². The molecule has 0 radical (unpaired) electrons. The average Bonchev–Trinajstić information content (AvgIpc) is 2.99. The molecular weight excluding hydrogens is 617 g/mol. The molecule has 0 saturated carbocycles. The van der Waals surface area contributed by atoms with E-state index in [1.807, 2.05) is 75.4 Å². The summed E-state index contributed by atoms with van der Waals surface area (Å²) in [6.07, 6.45) is 0.223. The van der Waals surface area contributed by atoms with Gasteiger partial charge in [-0.1, -0.05) is 102 Å². The molecule has 4 aromatic carbocycles. The highest BCUT2D eigenvalue weighted by Gasteiger charge is 2.35. The Kier molecular flexibility index (Phi) is 11.1. The molecule has 1 atom stereocenters. The van der Waals surface area contributed by atoms with Crippen LogP contribution in [-0.4, -0.2) is 43.8 Å². The lowest BCUT2D eigenvalue weighted by atomic mass is 10.0. The maximum absolute atomic E-state index is 14.5. The number of rotatable bonds is 12. The van der Waals surface area contributed by atoms with Crippen LogP contribution in [0.15, 0.2) is 108 Å². The van der Waals surface area contributed by atoms with Crippen molar-refractivity contribution in [2.75, 3.05) is 10.8 Å². The number of benzene rings is 4. The highest BCUT2D eigenvalue weighted by molar-refractivity contribution is 7.92. The maximum atomic E-state index is 14.5. The van der Waals surface area contributed by atoms with Crippen molar-refractivity contribution in [2.45, 2.75) is 50.7 Å². The van der Waals surface area contributed by atoms with Gasteiger partial charge in [-0.25, -0.2) is 8.42 Å². The third-order valence-electron chi connectivity index (χ3n) is 6.92. The van der Waals surface area contributed by atoms with Crippen molar-refractivity contribution in [1.29, 1.82) is 0 Å². The van der Waals surface area contributed by atoms with Crippen molar-refractivity contribution in [2.24, 2.45) is 0 Å². The van der Waals surface area contributed by atoms with Crippen LogP contribution < -0.4 is 9.62 Å². The fraction of sp³-hybridized carbons (Fsp3) is 0.235. The molecule has 0 bridgehead atoms. The SMILES string of the molecule is Cc1cccc(CN(C(=O)CN(c2cc(Cl)ccc2Cl)S(=O)(=O)c2ccccc2)[C@@H](Cc2ccccc2)C(=O)NC(C)C)c1. The zero-order valence-electron chi connectivity index (χ0n) is 24.8. The third-order valence-corrected chi connectivity index (χ3v) is 9.25. The van der Waals surface area contributed by atoms with E-state index >= 15 is 0 Å². The summed E-state index contributed by atoms with van der Waals surface area (Å²) in [4.78, 5) is 29.7. The Labute approximate surface area is 269 Å². The van der Waals surface area contributed by atoms with Crippen LogP contribution in [-0.2, 0) is 32.6 Å². The van der Waals surface area contributed by atoms with E-state index in [1.165, 1.54) is 29.2 Å². The molecule has 0 aliphatic rings. The van der Waals surface area contributed by atoms with Gasteiger partial charge < -0.3 is 10.2 Å². The van der Waals surface area contributed by atoms with Crippen LogP contribution in [0.5, 0.6) is 0 Å². The highest BCUT2D eigenvalue weighted by atomic mass is 35.5. The number of hydrogen-bond acceptors (Lipinski definition) is 4. The summed E-state index contributed by atoms with van der Waals surface area (Å²) in [7, 11) is -4.28. The molecule has 7 nitrogen and oxygen atoms in total. The van der Waals surface area contributed by atoms with Crippen LogP contribution in [0.25, 0.3) is 0 Å². The number of hydrogen-bond donors (Lipinski definition) is 1. The van der Waals surface area contributed by atoms with Crippen molar-refractivity contribution in [1.82, 2.24) is 10.2 Å². The smallest absolute Gasteiger partial charge is 0.264 e. The predicted molar refractivity (Wildman–Crippen MR) is 176 cm³/mol. The van der Waals surface area contributed by atoms with E-state index in [9.17, 15) is 18.0 Å². The fourth-order valence-corrected chi connectivity index (χ4v) is 6.73. The lowest BCUT2D eigenvalue weighted by Gasteiger charge is -2.34. The molecule has 230 valence electrons. The summed E-state index contributed by atoms with van der Waals surface area (Å²) in [5.41, 5.74) is 2.69. The first-order valence-electron chi connectivity index (χ1n) is 14.2. The highest BCUT2D eigenvalue weighted by Crippen LogP contribution is 2.33. The van der Waals surface area contributed by atoms with Gasteiger partial charge in [0.25, 0.3) is 10.0 Å². The van der Waals surface area contributed by atoms with E-state index < -0.39 is 28.5 Å². The summed E-state index contributed by atoms with van der Waals surface area (Å²) in [5.74, 6) is -0.926. The summed E-state index contributed by atoms with van der Waals surface area (Å²) in [6.45, 7) is 5.09. The molecule has 4 aromatic rings. The Hall–Kier alpha value is -3.85. The number of nitrogens with one attached hydrogen (secondary N) is 1. The molecule has 4 rings (SSSR count). The van der Waals surface area contributed by atoms with Crippen molar-refractivity contribution in [3.8, 4) is 0 Å².